The van der Waals surface area contributed by atoms with Crippen LogP contribution in [0.3, 0.4) is 0 Å². The number of anilines is 1. The average molecular weight is 421 g/mol. The Labute approximate surface area is 172 Å². The van der Waals surface area contributed by atoms with Gasteiger partial charge in [0.25, 0.3) is 15.9 Å². The van der Waals surface area contributed by atoms with Crippen molar-refractivity contribution in [1.29, 1.82) is 0 Å². The van der Waals surface area contributed by atoms with E-state index in [-0.39, 0.29) is 16.3 Å². The average Bonchev–Trinajstić information content (AvgIpc) is 2.62. The lowest BCUT2D eigenvalue weighted by Crippen LogP contribution is -2.40. The third kappa shape index (κ3) is 6.39. The molecule has 0 aliphatic heterocycles. The number of nitrogens with one attached hydrogen (secondary N) is 2. The smallest absolute Gasteiger partial charge is 0.262 e. The molecule has 29 heavy (non-hydrogen) atoms. The second kappa shape index (κ2) is 9.17. The molecule has 8 heteroatoms. The van der Waals surface area contributed by atoms with E-state index in [2.05, 4.69) is 10.0 Å². The van der Waals surface area contributed by atoms with Crippen molar-refractivity contribution in [1.82, 2.24) is 5.32 Å². The Morgan fingerprint density at radius 1 is 0.931 bits per heavy atom. The van der Waals surface area contributed by atoms with Gasteiger partial charge in [0.15, 0.2) is 11.5 Å². The number of ether oxygens (including phenoxy) is 2. The number of carbonyl (C=O) groups is 1. The highest BCUT2D eigenvalue weighted by molar-refractivity contribution is 7.92. The minimum absolute atomic E-state index is 0.0546. The molecular weight excluding hydrogens is 392 g/mol. The van der Waals surface area contributed by atoms with E-state index in [9.17, 15) is 13.2 Å². The van der Waals surface area contributed by atoms with Crippen molar-refractivity contribution < 1.29 is 22.7 Å². The van der Waals surface area contributed by atoms with Crippen LogP contribution in [0.15, 0.2) is 47.4 Å². The van der Waals surface area contributed by atoms with Gasteiger partial charge in [-0.1, -0.05) is 0 Å². The summed E-state index contributed by atoms with van der Waals surface area (Å²) in [4.78, 5) is 12.2. The molecule has 0 unspecified atom stereocenters. The van der Waals surface area contributed by atoms with Gasteiger partial charge in [0.05, 0.1) is 18.1 Å². The highest BCUT2D eigenvalue weighted by Gasteiger charge is 2.19. The summed E-state index contributed by atoms with van der Waals surface area (Å²) >= 11 is 0. The van der Waals surface area contributed by atoms with E-state index in [1.807, 2.05) is 34.6 Å². The molecular formula is C21H28N2O5S. The van der Waals surface area contributed by atoms with Gasteiger partial charge in [-0.05, 0) is 71.0 Å². The van der Waals surface area contributed by atoms with Gasteiger partial charge in [0.2, 0.25) is 0 Å². The first-order valence-corrected chi connectivity index (χ1v) is 10.9. The number of carbonyl (C=O) groups excluding carboxylic acids is 1. The summed E-state index contributed by atoms with van der Waals surface area (Å²) < 4.78 is 39.0. The Hall–Kier alpha value is -2.74. The maximum absolute atomic E-state index is 12.7. The summed E-state index contributed by atoms with van der Waals surface area (Å²) in [6.07, 6.45) is 0. The number of benzene rings is 2. The molecule has 2 aromatic carbocycles. The number of hydrogen-bond donors (Lipinski definition) is 2. The predicted molar refractivity (Wildman–Crippen MR) is 113 cm³/mol. The van der Waals surface area contributed by atoms with E-state index in [1.165, 1.54) is 12.1 Å². The van der Waals surface area contributed by atoms with Crippen LogP contribution < -0.4 is 19.5 Å². The van der Waals surface area contributed by atoms with Crippen molar-refractivity contribution >= 4 is 21.6 Å². The van der Waals surface area contributed by atoms with E-state index in [0.29, 0.717) is 36.0 Å². The SMILES string of the molecule is CCOc1ccc(S(=O)(=O)Nc2ccc(C(=O)NC(C)(C)C)cc2)cc1OCC. The number of hydrogen-bond acceptors (Lipinski definition) is 5. The van der Waals surface area contributed by atoms with Gasteiger partial charge in [-0.15, -0.1) is 0 Å². The van der Waals surface area contributed by atoms with Crippen LogP contribution in [-0.2, 0) is 10.0 Å². The number of rotatable bonds is 8. The van der Waals surface area contributed by atoms with Crippen molar-refractivity contribution in [2.45, 2.75) is 45.1 Å². The molecule has 0 saturated carbocycles. The third-order valence-corrected chi connectivity index (χ3v) is 5.09. The maximum Gasteiger partial charge on any atom is 0.262 e. The first-order valence-electron chi connectivity index (χ1n) is 9.40. The van der Waals surface area contributed by atoms with Gasteiger partial charge in [-0.3, -0.25) is 9.52 Å². The Balaban J connectivity index is 2.20. The second-order valence-electron chi connectivity index (χ2n) is 7.36. The Bertz CT molecular complexity index is 948. The molecule has 7 nitrogen and oxygen atoms in total. The minimum Gasteiger partial charge on any atom is -0.490 e. The van der Waals surface area contributed by atoms with E-state index in [0.717, 1.165) is 0 Å². The van der Waals surface area contributed by atoms with Gasteiger partial charge in [0.1, 0.15) is 0 Å². The molecule has 0 aliphatic rings. The molecule has 0 aliphatic carbocycles. The highest BCUT2D eigenvalue weighted by Crippen LogP contribution is 2.31. The Kier molecular flexibility index (Phi) is 7.13. The normalized spacial score (nSPS) is 11.6. The molecule has 0 bridgehead atoms. The summed E-state index contributed by atoms with van der Waals surface area (Å²) in [6.45, 7) is 10.1. The summed E-state index contributed by atoms with van der Waals surface area (Å²) in [7, 11) is -3.83. The highest BCUT2D eigenvalue weighted by atomic mass is 32.2. The lowest BCUT2D eigenvalue weighted by atomic mass is 10.1. The van der Waals surface area contributed by atoms with Crippen LogP contribution in [0.25, 0.3) is 0 Å². The lowest BCUT2D eigenvalue weighted by Gasteiger charge is -2.20. The first-order chi connectivity index (χ1) is 13.6. The van der Waals surface area contributed by atoms with Crippen molar-refractivity contribution in [3.63, 3.8) is 0 Å². The molecule has 2 rings (SSSR count). The maximum atomic E-state index is 12.7. The van der Waals surface area contributed by atoms with E-state index in [1.54, 1.807) is 30.3 Å². The van der Waals surface area contributed by atoms with Crippen LogP contribution in [0.2, 0.25) is 0 Å². The topological polar surface area (TPSA) is 93.7 Å². The van der Waals surface area contributed by atoms with Crippen molar-refractivity contribution in [2.24, 2.45) is 0 Å². The quantitative estimate of drug-likeness (QED) is 0.677. The van der Waals surface area contributed by atoms with Gasteiger partial charge >= 0.3 is 0 Å². The lowest BCUT2D eigenvalue weighted by molar-refractivity contribution is 0.0919. The second-order valence-corrected chi connectivity index (χ2v) is 9.04. The standard InChI is InChI=1S/C21H28N2O5S/c1-6-27-18-13-12-17(14-19(18)28-7-2)29(25,26)23-16-10-8-15(9-11-16)20(24)22-21(3,4)5/h8-14,23H,6-7H2,1-5H3,(H,22,24). The molecule has 0 spiro atoms. The van der Waals surface area contributed by atoms with Gasteiger partial charge in [-0.25, -0.2) is 8.42 Å². The molecule has 0 heterocycles. The van der Waals surface area contributed by atoms with Gasteiger partial charge in [0, 0.05) is 22.9 Å². The first kappa shape index (κ1) is 22.5. The van der Waals surface area contributed by atoms with E-state index < -0.39 is 10.0 Å². The molecule has 158 valence electrons. The summed E-state index contributed by atoms with van der Waals surface area (Å²) in [5.74, 6) is 0.633. The number of sulfonamides is 1. The van der Waals surface area contributed by atoms with Crippen LogP contribution >= 0.6 is 0 Å². The molecule has 0 atom stereocenters. The van der Waals surface area contributed by atoms with Gasteiger partial charge in [-0.2, -0.15) is 0 Å². The van der Waals surface area contributed by atoms with Crippen LogP contribution in [0.4, 0.5) is 5.69 Å². The van der Waals surface area contributed by atoms with Crippen LogP contribution in [-0.4, -0.2) is 33.1 Å². The van der Waals surface area contributed by atoms with Crippen molar-refractivity contribution in [3.8, 4) is 11.5 Å². The molecule has 0 fully saturated rings. The van der Waals surface area contributed by atoms with E-state index >= 15 is 0 Å². The molecule has 1 amide bonds. The monoisotopic (exact) mass is 420 g/mol. The fourth-order valence-electron chi connectivity index (χ4n) is 2.52. The fraction of sp³-hybridized carbons (Fsp3) is 0.381. The van der Waals surface area contributed by atoms with Gasteiger partial charge < -0.3 is 14.8 Å². The predicted octanol–water partition coefficient (Wildman–Crippen LogP) is 3.81. The summed E-state index contributed by atoms with van der Waals surface area (Å²) in [6, 6.07) is 10.7. The molecule has 0 aromatic heterocycles. The zero-order valence-corrected chi connectivity index (χ0v) is 18.2. The van der Waals surface area contributed by atoms with Crippen LogP contribution in [0, 0.1) is 0 Å². The molecule has 0 radical (unpaired) electrons. The largest absolute Gasteiger partial charge is 0.490 e. The summed E-state index contributed by atoms with van der Waals surface area (Å²) in [5.41, 5.74) is 0.440. The van der Waals surface area contributed by atoms with E-state index in [4.69, 9.17) is 9.47 Å². The zero-order valence-electron chi connectivity index (χ0n) is 17.4. The molecule has 2 N–H and O–H groups in total. The molecule has 2 aromatic rings. The van der Waals surface area contributed by atoms with Crippen molar-refractivity contribution in [3.05, 3.63) is 48.0 Å². The molecule has 0 saturated heterocycles. The van der Waals surface area contributed by atoms with Crippen molar-refractivity contribution in [2.75, 3.05) is 17.9 Å². The third-order valence-electron chi connectivity index (χ3n) is 3.71. The van der Waals surface area contributed by atoms with Crippen LogP contribution in [0.5, 0.6) is 11.5 Å². The number of amides is 1. The zero-order chi connectivity index (χ0) is 21.7. The Morgan fingerprint density at radius 2 is 1.52 bits per heavy atom. The Morgan fingerprint density at radius 3 is 2.07 bits per heavy atom. The minimum atomic E-state index is -3.83. The van der Waals surface area contributed by atoms with Crippen LogP contribution in [0.1, 0.15) is 45.0 Å². The summed E-state index contributed by atoms with van der Waals surface area (Å²) in [5, 5.41) is 2.86. The fourth-order valence-corrected chi connectivity index (χ4v) is 3.59.